The van der Waals surface area contributed by atoms with Gasteiger partial charge in [0.05, 0.1) is 0 Å². The zero-order valence-corrected chi connectivity index (χ0v) is 12.7. The second-order valence-corrected chi connectivity index (χ2v) is 6.95. The Balaban J connectivity index is 2.99. The summed E-state index contributed by atoms with van der Waals surface area (Å²) in [5.41, 5.74) is -1.35. The van der Waals surface area contributed by atoms with Crippen molar-refractivity contribution in [3.63, 3.8) is 0 Å². The molecule has 0 aromatic heterocycles. The number of carboxylic acids is 1. The van der Waals surface area contributed by atoms with Crippen molar-refractivity contribution in [2.24, 2.45) is 5.92 Å². The number of carboxylic acid groups (broad SMARTS) is 1. The van der Waals surface area contributed by atoms with E-state index >= 15 is 0 Å². The molecule has 7 heteroatoms. The van der Waals surface area contributed by atoms with Gasteiger partial charge < -0.3 is 5.11 Å². The summed E-state index contributed by atoms with van der Waals surface area (Å²) in [5.74, 6) is -0.862. The summed E-state index contributed by atoms with van der Waals surface area (Å²) in [4.78, 5) is 11.6. The first-order valence-electron chi connectivity index (χ1n) is 6.80. The molecule has 1 rings (SSSR count). The summed E-state index contributed by atoms with van der Waals surface area (Å²) in [5, 5.41) is 9.45. The van der Waals surface area contributed by atoms with Crippen molar-refractivity contribution in [1.82, 2.24) is 9.03 Å². The van der Waals surface area contributed by atoms with Crippen LogP contribution in [0, 0.1) is 5.92 Å². The van der Waals surface area contributed by atoms with E-state index in [1.54, 1.807) is 13.8 Å². The van der Waals surface area contributed by atoms with Crippen LogP contribution >= 0.6 is 0 Å². The molecule has 1 aliphatic carbocycles. The molecule has 19 heavy (non-hydrogen) atoms. The van der Waals surface area contributed by atoms with Crippen LogP contribution in [-0.2, 0) is 15.0 Å². The first-order valence-corrected chi connectivity index (χ1v) is 8.24. The van der Waals surface area contributed by atoms with E-state index in [1.165, 1.54) is 4.31 Å². The maximum Gasteiger partial charge on any atom is 0.324 e. The van der Waals surface area contributed by atoms with Gasteiger partial charge in [0.2, 0.25) is 0 Å². The van der Waals surface area contributed by atoms with Crippen molar-refractivity contribution in [1.29, 1.82) is 0 Å². The monoisotopic (exact) mass is 292 g/mol. The lowest BCUT2D eigenvalue weighted by Crippen LogP contribution is -2.59. The van der Waals surface area contributed by atoms with Crippen molar-refractivity contribution in [3.8, 4) is 0 Å². The molecule has 6 nitrogen and oxygen atoms in total. The summed E-state index contributed by atoms with van der Waals surface area (Å²) in [6, 6.07) is 0. The third kappa shape index (κ3) is 3.67. The van der Waals surface area contributed by atoms with Crippen LogP contribution in [0.5, 0.6) is 0 Å². The topological polar surface area (TPSA) is 86.7 Å². The second-order valence-electron chi connectivity index (χ2n) is 5.28. The van der Waals surface area contributed by atoms with Gasteiger partial charge in [0.15, 0.2) is 0 Å². The lowest BCUT2D eigenvalue weighted by Gasteiger charge is -2.37. The summed E-state index contributed by atoms with van der Waals surface area (Å²) in [6.07, 6.45) is 2.38. The number of hydrogen-bond donors (Lipinski definition) is 2. The third-order valence-corrected chi connectivity index (χ3v) is 5.62. The standard InChI is InChI=1S/C12H24N2O4S/c1-4-14(5-2)19(17,18)13-12(11(15)16)8-6-7-10(3)9-12/h10,13H,4-9H2,1-3H3,(H,15,16). The fourth-order valence-electron chi connectivity index (χ4n) is 2.76. The van der Waals surface area contributed by atoms with Crippen molar-refractivity contribution in [2.75, 3.05) is 13.1 Å². The number of aliphatic carboxylic acids is 1. The molecule has 112 valence electrons. The molecule has 0 aliphatic heterocycles. The Morgan fingerprint density at radius 3 is 2.42 bits per heavy atom. The Hall–Kier alpha value is -0.660. The average molecular weight is 292 g/mol. The molecular formula is C12H24N2O4S. The van der Waals surface area contributed by atoms with Gasteiger partial charge in [-0.15, -0.1) is 0 Å². The Bertz CT molecular complexity index is 419. The predicted molar refractivity (Wildman–Crippen MR) is 73.0 cm³/mol. The van der Waals surface area contributed by atoms with E-state index in [2.05, 4.69) is 4.72 Å². The first kappa shape index (κ1) is 16.4. The quantitative estimate of drug-likeness (QED) is 0.770. The largest absolute Gasteiger partial charge is 0.480 e. The smallest absolute Gasteiger partial charge is 0.324 e. The number of hydrogen-bond acceptors (Lipinski definition) is 3. The highest BCUT2D eigenvalue weighted by Crippen LogP contribution is 2.33. The zero-order valence-electron chi connectivity index (χ0n) is 11.8. The normalized spacial score (nSPS) is 28.5. The zero-order chi connectivity index (χ0) is 14.7. The minimum atomic E-state index is -3.75. The molecule has 2 atom stereocenters. The van der Waals surface area contributed by atoms with Crippen LogP contribution < -0.4 is 4.72 Å². The number of rotatable bonds is 6. The van der Waals surface area contributed by atoms with Crippen molar-refractivity contribution >= 4 is 16.2 Å². The molecular weight excluding hydrogens is 268 g/mol. The fraction of sp³-hybridized carbons (Fsp3) is 0.917. The van der Waals surface area contributed by atoms with Crippen LogP contribution in [0.2, 0.25) is 0 Å². The number of nitrogens with one attached hydrogen (secondary N) is 1. The predicted octanol–water partition coefficient (Wildman–Crippen LogP) is 1.20. The average Bonchev–Trinajstić information content (AvgIpc) is 2.29. The molecule has 1 fully saturated rings. The van der Waals surface area contributed by atoms with E-state index in [-0.39, 0.29) is 5.92 Å². The highest BCUT2D eigenvalue weighted by Gasteiger charge is 2.45. The van der Waals surface area contributed by atoms with Crippen molar-refractivity contribution in [3.05, 3.63) is 0 Å². The summed E-state index contributed by atoms with van der Waals surface area (Å²) in [6.45, 7) is 6.09. The molecule has 1 saturated carbocycles. The Kier molecular flexibility index (Phi) is 5.34. The lowest BCUT2D eigenvalue weighted by molar-refractivity contribution is -0.146. The minimum absolute atomic E-state index is 0.212. The van der Waals surface area contributed by atoms with Gasteiger partial charge in [0, 0.05) is 13.1 Å². The van der Waals surface area contributed by atoms with Gasteiger partial charge in [-0.05, 0) is 18.8 Å². The van der Waals surface area contributed by atoms with Gasteiger partial charge >= 0.3 is 5.97 Å². The summed E-state index contributed by atoms with van der Waals surface area (Å²) < 4.78 is 28.1. The molecule has 0 aromatic carbocycles. The van der Waals surface area contributed by atoms with Crippen LogP contribution in [0.15, 0.2) is 0 Å². The van der Waals surface area contributed by atoms with Crippen LogP contribution in [0.25, 0.3) is 0 Å². The summed E-state index contributed by atoms with van der Waals surface area (Å²) >= 11 is 0. The van der Waals surface area contributed by atoms with Crippen LogP contribution in [0.1, 0.15) is 46.5 Å². The van der Waals surface area contributed by atoms with Crippen molar-refractivity contribution in [2.45, 2.75) is 52.0 Å². The van der Waals surface area contributed by atoms with Gasteiger partial charge in [0.25, 0.3) is 10.2 Å². The minimum Gasteiger partial charge on any atom is -0.480 e. The Labute approximate surface area is 115 Å². The SMILES string of the molecule is CCN(CC)S(=O)(=O)NC1(C(=O)O)CCCC(C)C1. The number of nitrogens with zero attached hydrogens (tertiary/aromatic N) is 1. The molecule has 0 amide bonds. The Morgan fingerprint density at radius 1 is 1.42 bits per heavy atom. The van der Waals surface area contributed by atoms with Crippen molar-refractivity contribution < 1.29 is 18.3 Å². The Morgan fingerprint density at radius 2 is 2.00 bits per heavy atom. The second kappa shape index (κ2) is 6.19. The number of carbonyl (C=O) groups is 1. The van der Waals surface area contributed by atoms with Gasteiger partial charge in [-0.2, -0.15) is 17.4 Å². The first-order chi connectivity index (χ1) is 8.77. The molecule has 0 bridgehead atoms. The van der Waals surface area contributed by atoms with Crippen LogP contribution in [0.4, 0.5) is 0 Å². The van der Waals surface area contributed by atoms with E-state index in [0.29, 0.717) is 25.9 Å². The van der Waals surface area contributed by atoms with Gasteiger partial charge in [0.1, 0.15) is 5.54 Å². The summed E-state index contributed by atoms with van der Waals surface area (Å²) in [7, 11) is -3.75. The van der Waals surface area contributed by atoms with Gasteiger partial charge in [-0.3, -0.25) is 4.79 Å². The fourth-order valence-corrected chi connectivity index (χ4v) is 4.33. The maximum atomic E-state index is 12.2. The molecule has 2 N–H and O–H groups in total. The molecule has 0 aromatic rings. The molecule has 0 radical (unpaired) electrons. The molecule has 0 spiro atoms. The lowest BCUT2D eigenvalue weighted by atomic mass is 9.77. The molecule has 1 aliphatic rings. The van der Waals surface area contributed by atoms with E-state index in [4.69, 9.17) is 0 Å². The van der Waals surface area contributed by atoms with Gasteiger partial charge in [-0.25, -0.2) is 0 Å². The molecule has 2 unspecified atom stereocenters. The van der Waals surface area contributed by atoms with E-state index in [9.17, 15) is 18.3 Å². The molecule has 0 heterocycles. The third-order valence-electron chi connectivity index (χ3n) is 3.78. The maximum absolute atomic E-state index is 12.2. The highest BCUT2D eigenvalue weighted by atomic mass is 32.2. The molecule has 0 saturated heterocycles. The van der Waals surface area contributed by atoms with E-state index in [0.717, 1.165) is 12.8 Å². The van der Waals surface area contributed by atoms with E-state index < -0.39 is 21.7 Å². The van der Waals surface area contributed by atoms with Crippen LogP contribution in [-0.4, -0.2) is 42.4 Å². The van der Waals surface area contributed by atoms with E-state index in [1.807, 2.05) is 6.92 Å². The van der Waals surface area contributed by atoms with Gasteiger partial charge in [-0.1, -0.05) is 33.6 Å². The van der Waals surface area contributed by atoms with Crippen LogP contribution in [0.3, 0.4) is 0 Å². The highest BCUT2D eigenvalue weighted by molar-refractivity contribution is 7.87.